The second-order valence-corrected chi connectivity index (χ2v) is 5.22. The summed E-state index contributed by atoms with van der Waals surface area (Å²) in [5.41, 5.74) is 0.354. The van der Waals surface area contributed by atoms with E-state index in [1.165, 1.54) is 31.9 Å². The molecule has 2 rings (SSSR count). The minimum absolute atomic E-state index is 0.354. The molecule has 0 amide bonds. The van der Waals surface area contributed by atoms with Crippen LogP contribution in [0.1, 0.15) is 48.9 Å². The minimum Gasteiger partial charge on any atom is -0.462 e. The lowest BCUT2D eigenvalue weighted by atomic mass is 10.0. The Balaban J connectivity index is 1.86. The lowest BCUT2D eigenvalue weighted by Crippen LogP contribution is -2.14. The zero-order valence-electron chi connectivity index (χ0n) is 10.4. The maximum atomic E-state index is 11.8. The molecule has 1 aliphatic carbocycles. The Bertz CT molecular complexity index is 401. The van der Waals surface area contributed by atoms with Gasteiger partial charge in [-0.3, -0.25) is 4.98 Å². The third-order valence-electron chi connectivity index (χ3n) is 3.41. The van der Waals surface area contributed by atoms with E-state index in [2.05, 4.69) is 4.98 Å². The molecule has 1 aromatic rings. The van der Waals surface area contributed by atoms with Gasteiger partial charge in [0.15, 0.2) is 0 Å². The van der Waals surface area contributed by atoms with Crippen LogP contribution in [0.2, 0.25) is 5.02 Å². The number of ether oxygens (including phenoxy) is 1. The van der Waals surface area contributed by atoms with Crippen molar-refractivity contribution in [2.75, 3.05) is 6.61 Å². The normalized spacial score (nSPS) is 17.2. The van der Waals surface area contributed by atoms with Gasteiger partial charge in [0.05, 0.1) is 17.2 Å². The largest absolute Gasteiger partial charge is 0.462 e. The monoisotopic (exact) mass is 267 g/mol. The number of rotatable bonds is 3. The van der Waals surface area contributed by atoms with Crippen molar-refractivity contribution in [1.82, 2.24) is 4.98 Å². The Morgan fingerprint density at radius 1 is 1.33 bits per heavy atom. The number of halogens is 1. The molecule has 1 heterocycles. The Hall–Kier alpha value is -1.09. The summed E-state index contributed by atoms with van der Waals surface area (Å²) in [5.74, 6) is 0.143. The summed E-state index contributed by atoms with van der Waals surface area (Å²) in [6.07, 6.45) is 10.4. The molecule has 0 bridgehead atoms. The molecule has 0 spiro atoms. The highest BCUT2D eigenvalue weighted by atomic mass is 35.5. The van der Waals surface area contributed by atoms with Crippen molar-refractivity contribution in [3.8, 4) is 0 Å². The van der Waals surface area contributed by atoms with Crippen LogP contribution in [0.15, 0.2) is 18.5 Å². The van der Waals surface area contributed by atoms with E-state index in [0.717, 1.165) is 12.8 Å². The van der Waals surface area contributed by atoms with Crippen molar-refractivity contribution < 1.29 is 9.53 Å². The minimum atomic E-state index is -0.364. The number of esters is 1. The maximum absolute atomic E-state index is 11.8. The van der Waals surface area contributed by atoms with Gasteiger partial charge in [-0.25, -0.2) is 4.79 Å². The molecular weight excluding hydrogens is 250 g/mol. The van der Waals surface area contributed by atoms with E-state index in [0.29, 0.717) is 23.1 Å². The predicted octanol–water partition coefficient (Wildman–Crippen LogP) is 3.86. The first kappa shape index (κ1) is 13.3. The summed E-state index contributed by atoms with van der Waals surface area (Å²) in [7, 11) is 0. The molecule has 0 aromatic carbocycles. The highest BCUT2D eigenvalue weighted by Gasteiger charge is 2.17. The third kappa shape index (κ3) is 3.70. The lowest BCUT2D eigenvalue weighted by Gasteiger charge is -2.14. The van der Waals surface area contributed by atoms with Gasteiger partial charge in [0.2, 0.25) is 0 Å². The number of aromatic nitrogens is 1. The van der Waals surface area contributed by atoms with E-state index in [9.17, 15) is 4.79 Å². The molecule has 1 aliphatic rings. The van der Waals surface area contributed by atoms with E-state index in [-0.39, 0.29) is 5.97 Å². The molecule has 0 N–H and O–H groups in total. The SMILES string of the molecule is O=C(OCC1CCCCCC1)c1cnccc1Cl. The fraction of sp³-hybridized carbons (Fsp3) is 0.571. The highest BCUT2D eigenvalue weighted by Crippen LogP contribution is 2.23. The number of pyridine rings is 1. The van der Waals surface area contributed by atoms with Crippen molar-refractivity contribution in [2.45, 2.75) is 38.5 Å². The Morgan fingerprint density at radius 3 is 2.72 bits per heavy atom. The molecule has 1 saturated carbocycles. The first-order chi connectivity index (χ1) is 8.77. The van der Waals surface area contributed by atoms with Gasteiger partial charge in [-0.2, -0.15) is 0 Å². The average molecular weight is 268 g/mol. The summed E-state index contributed by atoms with van der Waals surface area (Å²) in [6, 6.07) is 1.60. The molecule has 98 valence electrons. The number of nitrogens with zero attached hydrogens (tertiary/aromatic N) is 1. The van der Waals surface area contributed by atoms with Crippen molar-refractivity contribution >= 4 is 17.6 Å². The van der Waals surface area contributed by atoms with E-state index in [1.807, 2.05) is 0 Å². The molecule has 4 heteroatoms. The molecule has 0 saturated heterocycles. The molecule has 1 aromatic heterocycles. The molecular formula is C14H18ClNO2. The second-order valence-electron chi connectivity index (χ2n) is 4.81. The van der Waals surface area contributed by atoms with Crippen LogP contribution >= 0.6 is 11.6 Å². The van der Waals surface area contributed by atoms with E-state index in [1.54, 1.807) is 12.3 Å². The summed E-state index contributed by atoms with van der Waals surface area (Å²) < 4.78 is 5.34. The molecule has 18 heavy (non-hydrogen) atoms. The Labute approximate surface area is 113 Å². The topological polar surface area (TPSA) is 39.2 Å². The molecule has 0 unspecified atom stereocenters. The van der Waals surface area contributed by atoms with E-state index < -0.39 is 0 Å². The zero-order chi connectivity index (χ0) is 12.8. The summed E-state index contributed by atoms with van der Waals surface area (Å²) in [5, 5.41) is 0.399. The number of carbonyl (C=O) groups is 1. The standard InChI is InChI=1S/C14H18ClNO2/c15-13-7-8-16-9-12(13)14(17)18-10-11-5-3-1-2-4-6-11/h7-9,11H,1-6,10H2. The van der Waals surface area contributed by atoms with Crippen LogP contribution in [0.25, 0.3) is 0 Å². The quantitative estimate of drug-likeness (QED) is 0.617. The maximum Gasteiger partial charge on any atom is 0.341 e. The van der Waals surface area contributed by atoms with Gasteiger partial charge in [0.1, 0.15) is 0 Å². The first-order valence-corrected chi connectivity index (χ1v) is 6.92. The zero-order valence-corrected chi connectivity index (χ0v) is 11.2. The van der Waals surface area contributed by atoms with Crippen molar-refractivity contribution in [3.05, 3.63) is 29.0 Å². The third-order valence-corrected chi connectivity index (χ3v) is 3.74. The fourth-order valence-electron chi connectivity index (χ4n) is 2.33. The molecule has 0 atom stereocenters. The molecule has 3 nitrogen and oxygen atoms in total. The van der Waals surface area contributed by atoms with Crippen molar-refractivity contribution in [2.24, 2.45) is 5.92 Å². The van der Waals surface area contributed by atoms with E-state index in [4.69, 9.17) is 16.3 Å². The Morgan fingerprint density at radius 2 is 2.06 bits per heavy atom. The summed E-state index contributed by atoms with van der Waals surface area (Å²) >= 11 is 5.93. The number of hydrogen-bond acceptors (Lipinski definition) is 3. The molecule has 0 aliphatic heterocycles. The summed E-state index contributed by atoms with van der Waals surface area (Å²) in [4.78, 5) is 15.7. The average Bonchev–Trinajstić information content (AvgIpc) is 2.65. The van der Waals surface area contributed by atoms with Crippen LogP contribution in [0.5, 0.6) is 0 Å². The summed E-state index contributed by atoms with van der Waals surface area (Å²) in [6.45, 7) is 0.504. The van der Waals surface area contributed by atoms with Gasteiger partial charge in [-0.1, -0.05) is 37.3 Å². The van der Waals surface area contributed by atoms with Crippen LogP contribution in [0, 0.1) is 5.92 Å². The Kier molecular flexibility index (Phi) is 5.00. The molecule has 1 fully saturated rings. The van der Waals surface area contributed by atoms with Crippen LogP contribution in [-0.2, 0) is 4.74 Å². The number of carbonyl (C=O) groups excluding carboxylic acids is 1. The van der Waals surface area contributed by atoms with Crippen LogP contribution in [0.3, 0.4) is 0 Å². The van der Waals surface area contributed by atoms with Gasteiger partial charge in [-0.05, 0) is 24.8 Å². The smallest absolute Gasteiger partial charge is 0.341 e. The lowest BCUT2D eigenvalue weighted by molar-refractivity contribution is 0.0427. The van der Waals surface area contributed by atoms with Gasteiger partial charge in [0, 0.05) is 12.4 Å². The van der Waals surface area contributed by atoms with Gasteiger partial charge in [-0.15, -0.1) is 0 Å². The fourth-order valence-corrected chi connectivity index (χ4v) is 2.51. The van der Waals surface area contributed by atoms with Gasteiger partial charge >= 0.3 is 5.97 Å². The van der Waals surface area contributed by atoms with Crippen LogP contribution in [0.4, 0.5) is 0 Å². The second kappa shape index (κ2) is 6.74. The first-order valence-electron chi connectivity index (χ1n) is 6.54. The van der Waals surface area contributed by atoms with Crippen molar-refractivity contribution in [3.63, 3.8) is 0 Å². The number of hydrogen-bond donors (Lipinski definition) is 0. The highest BCUT2D eigenvalue weighted by molar-refractivity contribution is 6.33. The van der Waals surface area contributed by atoms with Gasteiger partial charge < -0.3 is 4.74 Å². The molecule has 0 radical (unpaired) electrons. The van der Waals surface area contributed by atoms with E-state index >= 15 is 0 Å². The van der Waals surface area contributed by atoms with Crippen LogP contribution < -0.4 is 0 Å². The predicted molar refractivity (Wildman–Crippen MR) is 70.7 cm³/mol. The van der Waals surface area contributed by atoms with Crippen LogP contribution in [-0.4, -0.2) is 17.6 Å². The van der Waals surface area contributed by atoms with Gasteiger partial charge in [0.25, 0.3) is 0 Å². The van der Waals surface area contributed by atoms with Crippen molar-refractivity contribution in [1.29, 1.82) is 0 Å².